The van der Waals surface area contributed by atoms with Crippen LogP contribution in [0.4, 0.5) is 0 Å². The molecule has 0 radical (unpaired) electrons. The number of benzene rings is 1. The zero-order valence-corrected chi connectivity index (χ0v) is 12.0. The highest BCUT2D eigenvalue weighted by atomic mass is 16.6. The van der Waals surface area contributed by atoms with Crippen molar-refractivity contribution in [2.24, 2.45) is 0 Å². The second kappa shape index (κ2) is 6.83. The molecule has 0 saturated heterocycles. The fourth-order valence-electron chi connectivity index (χ4n) is 2.14. The maximum Gasteiger partial charge on any atom is 0.326 e. The Hall–Kier alpha value is -2.43. The van der Waals surface area contributed by atoms with Crippen molar-refractivity contribution in [2.75, 3.05) is 13.2 Å². The van der Waals surface area contributed by atoms with Crippen LogP contribution in [0.2, 0.25) is 0 Å². The number of hydrogen-bond acceptors (Lipinski definition) is 5. The van der Waals surface area contributed by atoms with Crippen LogP contribution in [0.25, 0.3) is 10.8 Å². The first-order chi connectivity index (χ1) is 10.2. The smallest absolute Gasteiger partial charge is 0.326 e. The fourth-order valence-corrected chi connectivity index (χ4v) is 2.14. The molecule has 0 fully saturated rings. The number of pyridine rings is 1. The normalized spacial score (nSPS) is 10.6. The van der Waals surface area contributed by atoms with Crippen molar-refractivity contribution in [3.05, 3.63) is 42.2 Å². The Morgan fingerprint density at radius 1 is 1.05 bits per heavy atom. The molecule has 1 aromatic carbocycles. The highest BCUT2D eigenvalue weighted by Crippen LogP contribution is 2.25. The average molecular weight is 287 g/mol. The third-order valence-corrected chi connectivity index (χ3v) is 3.02. The Balaban J connectivity index is 2.52. The van der Waals surface area contributed by atoms with Crippen LogP contribution in [0.3, 0.4) is 0 Å². The first-order valence-corrected chi connectivity index (χ1v) is 6.86. The minimum atomic E-state index is -1.16. The predicted octanol–water partition coefficient (Wildman–Crippen LogP) is 2.44. The van der Waals surface area contributed by atoms with Gasteiger partial charge in [-0.1, -0.05) is 24.3 Å². The lowest BCUT2D eigenvalue weighted by Crippen LogP contribution is -2.27. The van der Waals surface area contributed by atoms with Crippen LogP contribution >= 0.6 is 0 Å². The summed E-state index contributed by atoms with van der Waals surface area (Å²) in [5, 5.41) is 1.65. The van der Waals surface area contributed by atoms with Gasteiger partial charge in [0.05, 0.1) is 18.9 Å². The summed E-state index contributed by atoms with van der Waals surface area (Å²) in [7, 11) is 0. The molecule has 110 valence electrons. The van der Waals surface area contributed by atoms with Crippen LogP contribution in [0.5, 0.6) is 0 Å². The highest BCUT2D eigenvalue weighted by molar-refractivity contribution is 6.04. The van der Waals surface area contributed by atoms with E-state index >= 15 is 0 Å². The fraction of sp³-hybridized carbons (Fsp3) is 0.312. The number of aromatic nitrogens is 1. The van der Waals surface area contributed by atoms with Gasteiger partial charge in [-0.05, 0) is 25.3 Å². The van der Waals surface area contributed by atoms with Crippen LogP contribution < -0.4 is 0 Å². The summed E-state index contributed by atoms with van der Waals surface area (Å²) in [5.41, 5.74) is 0.366. The summed E-state index contributed by atoms with van der Waals surface area (Å²) in [6, 6.07) is 9.26. The summed E-state index contributed by atoms with van der Waals surface area (Å²) in [6.07, 6.45) is 1.57. The van der Waals surface area contributed by atoms with E-state index in [-0.39, 0.29) is 13.2 Å². The van der Waals surface area contributed by atoms with E-state index in [1.54, 1.807) is 20.0 Å². The van der Waals surface area contributed by atoms with E-state index in [1.807, 2.05) is 30.3 Å². The van der Waals surface area contributed by atoms with Gasteiger partial charge in [-0.3, -0.25) is 14.6 Å². The second-order valence-electron chi connectivity index (χ2n) is 4.35. The summed E-state index contributed by atoms with van der Waals surface area (Å²) in [6.45, 7) is 3.77. The van der Waals surface area contributed by atoms with Crippen molar-refractivity contribution >= 4 is 22.7 Å². The molecule has 0 aliphatic rings. The molecule has 21 heavy (non-hydrogen) atoms. The topological polar surface area (TPSA) is 65.5 Å². The molecule has 0 aliphatic carbocycles. The Kier molecular flexibility index (Phi) is 4.87. The molecule has 5 nitrogen and oxygen atoms in total. The summed E-state index contributed by atoms with van der Waals surface area (Å²) in [5.74, 6) is -2.43. The molecular formula is C16H17NO4. The first-order valence-electron chi connectivity index (χ1n) is 6.86. The number of fused-ring (bicyclic) bond motifs is 1. The number of nitrogens with zero attached hydrogens (tertiary/aromatic N) is 1. The van der Waals surface area contributed by atoms with Crippen LogP contribution in [0, 0.1) is 0 Å². The van der Waals surface area contributed by atoms with Gasteiger partial charge in [0.2, 0.25) is 0 Å². The van der Waals surface area contributed by atoms with Crippen molar-refractivity contribution in [3.63, 3.8) is 0 Å². The lowest BCUT2D eigenvalue weighted by molar-refractivity contribution is -0.157. The van der Waals surface area contributed by atoms with Gasteiger partial charge in [-0.25, -0.2) is 0 Å². The van der Waals surface area contributed by atoms with Crippen molar-refractivity contribution in [1.29, 1.82) is 0 Å². The van der Waals surface area contributed by atoms with Crippen LogP contribution in [-0.4, -0.2) is 30.1 Å². The maximum atomic E-state index is 12.1. The van der Waals surface area contributed by atoms with E-state index in [0.29, 0.717) is 5.69 Å². The molecule has 1 aromatic heterocycles. The van der Waals surface area contributed by atoms with Crippen molar-refractivity contribution < 1.29 is 19.1 Å². The number of carbonyl (C=O) groups is 2. The Labute approximate surface area is 122 Å². The van der Waals surface area contributed by atoms with E-state index in [2.05, 4.69) is 4.98 Å². The van der Waals surface area contributed by atoms with Gasteiger partial charge in [0.25, 0.3) is 0 Å². The van der Waals surface area contributed by atoms with E-state index < -0.39 is 17.9 Å². The Morgan fingerprint density at radius 2 is 1.67 bits per heavy atom. The Bertz CT molecular complexity index is 630. The molecule has 0 unspecified atom stereocenters. The molecule has 1 heterocycles. The standard InChI is InChI=1S/C16H17NO4/c1-3-20-15(18)13(16(19)21-4-2)14-12-8-6-5-7-11(12)9-10-17-14/h5-10,13H,3-4H2,1-2H3. The van der Waals surface area contributed by atoms with Gasteiger partial charge >= 0.3 is 11.9 Å². The highest BCUT2D eigenvalue weighted by Gasteiger charge is 2.34. The number of ether oxygens (including phenoxy) is 2. The third kappa shape index (κ3) is 3.18. The molecule has 0 N–H and O–H groups in total. The minimum absolute atomic E-state index is 0.194. The molecule has 2 rings (SSSR count). The number of rotatable bonds is 5. The maximum absolute atomic E-state index is 12.1. The van der Waals surface area contributed by atoms with Gasteiger partial charge in [0, 0.05) is 11.6 Å². The predicted molar refractivity (Wildman–Crippen MR) is 77.8 cm³/mol. The minimum Gasteiger partial charge on any atom is -0.465 e. The van der Waals surface area contributed by atoms with Crippen molar-refractivity contribution in [3.8, 4) is 0 Å². The van der Waals surface area contributed by atoms with Crippen LogP contribution in [-0.2, 0) is 19.1 Å². The first kappa shape index (κ1) is 15.0. The zero-order valence-electron chi connectivity index (χ0n) is 12.0. The SMILES string of the molecule is CCOC(=O)C(C(=O)OCC)c1nccc2ccccc12. The molecule has 0 saturated carbocycles. The molecule has 0 atom stereocenters. The van der Waals surface area contributed by atoms with Crippen LogP contribution in [0.1, 0.15) is 25.5 Å². The van der Waals surface area contributed by atoms with Gasteiger partial charge in [-0.2, -0.15) is 0 Å². The molecule has 0 amide bonds. The summed E-state index contributed by atoms with van der Waals surface area (Å²) in [4.78, 5) is 28.5. The van der Waals surface area contributed by atoms with Crippen molar-refractivity contribution in [2.45, 2.75) is 19.8 Å². The van der Waals surface area contributed by atoms with E-state index in [1.165, 1.54) is 0 Å². The van der Waals surface area contributed by atoms with Gasteiger partial charge in [0.1, 0.15) is 0 Å². The van der Waals surface area contributed by atoms with Gasteiger partial charge in [0.15, 0.2) is 5.92 Å². The van der Waals surface area contributed by atoms with E-state index in [9.17, 15) is 9.59 Å². The Morgan fingerprint density at radius 3 is 2.29 bits per heavy atom. The quantitative estimate of drug-likeness (QED) is 0.624. The molecule has 0 bridgehead atoms. The average Bonchev–Trinajstić information content (AvgIpc) is 2.48. The van der Waals surface area contributed by atoms with Gasteiger partial charge in [-0.15, -0.1) is 0 Å². The van der Waals surface area contributed by atoms with Crippen molar-refractivity contribution in [1.82, 2.24) is 4.98 Å². The molecule has 0 aliphatic heterocycles. The number of esters is 2. The monoisotopic (exact) mass is 287 g/mol. The lowest BCUT2D eigenvalue weighted by atomic mass is 9.99. The van der Waals surface area contributed by atoms with E-state index in [4.69, 9.17) is 9.47 Å². The summed E-state index contributed by atoms with van der Waals surface area (Å²) < 4.78 is 9.99. The largest absolute Gasteiger partial charge is 0.465 e. The molecule has 5 heteroatoms. The third-order valence-electron chi connectivity index (χ3n) is 3.02. The lowest BCUT2D eigenvalue weighted by Gasteiger charge is -2.15. The van der Waals surface area contributed by atoms with Gasteiger partial charge < -0.3 is 9.47 Å². The zero-order chi connectivity index (χ0) is 15.2. The van der Waals surface area contributed by atoms with E-state index in [0.717, 1.165) is 10.8 Å². The number of hydrogen-bond donors (Lipinski definition) is 0. The molecular weight excluding hydrogens is 270 g/mol. The van der Waals surface area contributed by atoms with Crippen LogP contribution in [0.15, 0.2) is 36.5 Å². The molecule has 2 aromatic rings. The summed E-state index contributed by atoms with van der Waals surface area (Å²) >= 11 is 0. The number of carbonyl (C=O) groups excluding carboxylic acids is 2. The second-order valence-corrected chi connectivity index (χ2v) is 4.35. The molecule has 0 spiro atoms.